The number of aryl methyl sites for hydroxylation is 2. The number of H-pyrrole nitrogens is 1. The molecule has 1 saturated heterocycles. The van der Waals surface area contributed by atoms with Crippen LogP contribution in [0, 0.1) is 11.7 Å². The number of hydrogen-bond donors (Lipinski definition) is 7. The predicted molar refractivity (Wildman–Crippen MR) is 337 cm³/mol. The second kappa shape index (κ2) is 27.7. The first kappa shape index (κ1) is 63.1. The normalized spacial score (nSPS) is 20.1. The van der Waals surface area contributed by atoms with Gasteiger partial charge in [0, 0.05) is 60.8 Å². The molecular weight excluding hydrogens is 1150 g/mol. The van der Waals surface area contributed by atoms with Crippen molar-refractivity contribution in [3.05, 3.63) is 106 Å². The second-order valence-corrected chi connectivity index (χ2v) is 24.7. The number of rotatable bonds is 22. The zero-order valence-corrected chi connectivity index (χ0v) is 52.0. The molecule has 7 atom stereocenters. The SMILES string of the molecule is CN[C@@H](C)C(=O)N[C@H](C(=O)N1C[C@@H](NC(=O)COCCOCCNC(=O)c2ccc(-c3[nH]c4ncc5c(c4c3-c3ccc4c(cnn4C(C)C)c3)n([C@@H]3CC[C@@H](NC(=O)OC)C3)c(=O)n5C)cc2F)C[C@H]1C(=O)N[C@@H]1CCCc2ccccc21)C1CCCCC1. The van der Waals surface area contributed by atoms with Gasteiger partial charge in [0.1, 0.15) is 30.2 Å². The van der Waals surface area contributed by atoms with Crippen LogP contribution in [-0.2, 0) is 46.9 Å². The molecule has 7 N–H and O–H groups in total. The number of aromatic nitrogens is 6. The Morgan fingerprint density at radius 3 is 2.39 bits per heavy atom. The number of alkyl carbamates (subject to hydrolysis) is 1. The fourth-order valence-corrected chi connectivity index (χ4v) is 13.9. The molecule has 6 amide bonds. The van der Waals surface area contributed by atoms with E-state index in [0.717, 1.165) is 73.4 Å². The van der Waals surface area contributed by atoms with E-state index in [2.05, 4.69) is 61.9 Å². The summed E-state index contributed by atoms with van der Waals surface area (Å²) in [6, 6.07) is 15.0. The van der Waals surface area contributed by atoms with Crippen molar-refractivity contribution in [3.8, 4) is 22.4 Å². The van der Waals surface area contributed by atoms with Gasteiger partial charge in [0.15, 0.2) is 0 Å². The van der Waals surface area contributed by atoms with Crippen LogP contribution >= 0.6 is 0 Å². The van der Waals surface area contributed by atoms with Crippen molar-refractivity contribution in [2.45, 2.75) is 146 Å². The number of nitrogens with zero attached hydrogens (tertiary/aromatic N) is 6. The average molecular weight is 1240 g/mol. The molecule has 0 radical (unpaired) electrons. The maximum Gasteiger partial charge on any atom is 0.407 e. The second-order valence-electron chi connectivity index (χ2n) is 24.7. The number of aromatic amines is 1. The summed E-state index contributed by atoms with van der Waals surface area (Å²) in [5.74, 6) is -2.90. The third-order valence-electron chi connectivity index (χ3n) is 18.6. The summed E-state index contributed by atoms with van der Waals surface area (Å²) in [6.07, 6.45) is 11.9. The van der Waals surface area contributed by atoms with Crippen molar-refractivity contribution < 1.29 is 47.4 Å². The lowest BCUT2D eigenvalue weighted by Crippen LogP contribution is -2.58. The molecular formula is C66H82FN13O10. The van der Waals surface area contributed by atoms with Crippen LogP contribution in [0.2, 0.25) is 0 Å². The highest BCUT2D eigenvalue weighted by molar-refractivity contribution is 6.15. The Balaban J connectivity index is 0.718. The number of ether oxygens (including phenoxy) is 3. The molecule has 23 nitrogen and oxygen atoms in total. The van der Waals surface area contributed by atoms with Crippen LogP contribution in [0.15, 0.2) is 77.9 Å². The van der Waals surface area contributed by atoms with E-state index in [-0.39, 0.29) is 105 Å². The minimum Gasteiger partial charge on any atom is -0.453 e. The molecule has 90 heavy (non-hydrogen) atoms. The Bertz CT molecular complexity index is 3880. The Morgan fingerprint density at radius 2 is 1.61 bits per heavy atom. The van der Waals surface area contributed by atoms with Crippen LogP contribution in [0.4, 0.5) is 9.18 Å². The first-order chi connectivity index (χ1) is 43.5. The van der Waals surface area contributed by atoms with Gasteiger partial charge >= 0.3 is 11.8 Å². The molecule has 11 rings (SSSR count). The lowest BCUT2D eigenvalue weighted by molar-refractivity contribution is -0.143. The van der Waals surface area contributed by atoms with E-state index in [1.807, 2.05) is 41.1 Å². The summed E-state index contributed by atoms with van der Waals surface area (Å²) in [4.78, 5) is 106. The van der Waals surface area contributed by atoms with E-state index in [1.54, 1.807) is 53.5 Å². The summed E-state index contributed by atoms with van der Waals surface area (Å²) in [5, 5.41) is 24.0. The van der Waals surface area contributed by atoms with Crippen LogP contribution in [0.1, 0.15) is 131 Å². The van der Waals surface area contributed by atoms with Gasteiger partial charge in [-0.15, -0.1) is 0 Å². The van der Waals surface area contributed by atoms with E-state index in [0.29, 0.717) is 58.2 Å². The van der Waals surface area contributed by atoms with Crippen LogP contribution in [0.25, 0.3) is 55.4 Å². The van der Waals surface area contributed by atoms with Crippen molar-refractivity contribution in [2.24, 2.45) is 13.0 Å². The van der Waals surface area contributed by atoms with E-state index in [1.165, 1.54) is 24.8 Å². The van der Waals surface area contributed by atoms with Gasteiger partial charge < -0.3 is 56.0 Å². The number of halogens is 1. The van der Waals surface area contributed by atoms with E-state index >= 15 is 4.39 Å². The number of amides is 6. The minimum atomic E-state index is -0.888. The maximum absolute atomic E-state index is 16.4. The van der Waals surface area contributed by atoms with Crippen molar-refractivity contribution in [1.82, 2.24) is 65.7 Å². The smallest absolute Gasteiger partial charge is 0.407 e. The zero-order chi connectivity index (χ0) is 63.3. The molecule has 4 aliphatic rings. The molecule has 0 spiro atoms. The quantitative estimate of drug-likeness (QED) is 0.0345. The van der Waals surface area contributed by atoms with Gasteiger partial charge in [0.2, 0.25) is 23.6 Å². The number of imidazole rings is 1. The monoisotopic (exact) mass is 1240 g/mol. The number of likely N-dealkylation sites (tertiary alicyclic amines) is 1. The minimum absolute atomic E-state index is 0.0402. The number of methoxy groups -OCH3 is 1. The number of carbonyl (C=O) groups excluding carboxylic acids is 6. The molecule has 0 bridgehead atoms. The highest BCUT2D eigenvalue weighted by Crippen LogP contribution is 2.44. The number of fused-ring (bicyclic) bond motifs is 5. The van der Waals surface area contributed by atoms with Crippen molar-refractivity contribution in [1.29, 1.82) is 0 Å². The van der Waals surface area contributed by atoms with E-state index < -0.39 is 47.9 Å². The fourth-order valence-electron chi connectivity index (χ4n) is 13.9. The molecule has 3 fully saturated rings. The Morgan fingerprint density at radius 1 is 0.822 bits per heavy atom. The van der Waals surface area contributed by atoms with Gasteiger partial charge in [-0.3, -0.25) is 37.8 Å². The number of nitrogens with one attached hydrogen (secondary N) is 7. The lowest BCUT2D eigenvalue weighted by Gasteiger charge is -2.35. The van der Waals surface area contributed by atoms with Crippen LogP contribution in [0.5, 0.6) is 0 Å². The first-order valence-corrected chi connectivity index (χ1v) is 31.6. The van der Waals surface area contributed by atoms with Gasteiger partial charge in [0.25, 0.3) is 5.91 Å². The van der Waals surface area contributed by atoms with E-state index in [4.69, 9.17) is 19.2 Å². The van der Waals surface area contributed by atoms with E-state index in [9.17, 15) is 33.6 Å². The summed E-state index contributed by atoms with van der Waals surface area (Å²) < 4.78 is 37.9. The Labute approximate surface area is 520 Å². The molecule has 2 saturated carbocycles. The molecule has 3 aliphatic carbocycles. The van der Waals surface area contributed by atoms with Gasteiger partial charge in [-0.25, -0.2) is 19.0 Å². The predicted octanol–water partition coefficient (Wildman–Crippen LogP) is 6.79. The number of benzene rings is 3. The molecule has 7 aromatic rings. The zero-order valence-electron chi connectivity index (χ0n) is 52.0. The fraction of sp³-hybridized carbons (Fsp3) is 0.500. The molecule has 5 heterocycles. The molecule has 0 unspecified atom stereocenters. The van der Waals surface area contributed by atoms with Gasteiger partial charge in [-0.05, 0) is 132 Å². The van der Waals surface area contributed by atoms with Gasteiger partial charge in [0.05, 0.1) is 84.6 Å². The van der Waals surface area contributed by atoms with Crippen LogP contribution in [-0.4, -0.2) is 153 Å². The standard InChI is InChI=1S/C66H82FN13O10/c1-37(2)80-51-24-20-41(29-43(51)33-71-80)55-56-59-53(77(5)66(87)79(59)46-22-21-44(31-46)73-65(86)88-6)34-70-60(56)75-57(55)42-19-23-48(49(67)30-42)62(83)69-25-26-89-27-28-90-36-54(81)72-45-32-52(63(84)74-50-18-12-16-39-13-10-11-17-47(39)50)78(35-45)64(85)58(40-14-8-7-9-15-40)76-61(82)38(3)68-4/h10-11,13,17,19-20,23-24,29-30,33-34,37-38,40,44-46,50,52,58,68H,7-9,12,14-16,18,21-22,25-28,31-32,35-36H2,1-6H3,(H,69,83)(H,70,75)(H,72,81)(H,73,86)(H,74,84)(H,76,82)/t38-,44+,45-,46+,50+,52-,58-/m0/s1. The summed E-state index contributed by atoms with van der Waals surface area (Å²) in [5.41, 5.74) is 6.85. The number of carbonyl (C=O) groups is 6. The van der Waals surface area contributed by atoms with Crippen molar-refractivity contribution >= 4 is 68.6 Å². The Hall–Kier alpha value is -8.48. The van der Waals surface area contributed by atoms with Gasteiger partial charge in [-0.2, -0.15) is 5.10 Å². The third-order valence-corrected chi connectivity index (χ3v) is 18.6. The van der Waals surface area contributed by atoms with Crippen LogP contribution < -0.4 is 37.6 Å². The number of hydrogen-bond acceptors (Lipinski definition) is 13. The summed E-state index contributed by atoms with van der Waals surface area (Å²) in [7, 11) is 4.70. The summed E-state index contributed by atoms with van der Waals surface area (Å²) >= 11 is 0. The number of pyridine rings is 1. The molecule has 4 aromatic heterocycles. The highest BCUT2D eigenvalue weighted by atomic mass is 19.1. The first-order valence-electron chi connectivity index (χ1n) is 31.6. The largest absolute Gasteiger partial charge is 0.453 e. The Kier molecular flexibility index (Phi) is 19.4. The topological polar surface area (TPSA) is 279 Å². The maximum atomic E-state index is 16.4. The molecule has 478 valence electrons. The number of likely N-dealkylation sites (N-methyl/N-ethyl adjacent to an activating group) is 1. The molecule has 24 heteroatoms. The lowest BCUT2D eigenvalue weighted by atomic mass is 9.83. The average Bonchev–Trinajstić information content (AvgIpc) is 1.56. The molecule has 1 aliphatic heterocycles. The van der Waals surface area contributed by atoms with Crippen molar-refractivity contribution in [3.63, 3.8) is 0 Å². The van der Waals surface area contributed by atoms with Crippen molar-refractivity contribution in [2.75, 3.05) is 53.7 Å². The summed E-state index contributed by atoms with van der Waals surface area (Å²) in [6.45, 7) is 5.83. The highest BCUT2D eigenvalue weighted by Gasteiger charge is 2.45. The van der Waals surface area contributed by atoms with Gasteiger partial charge in [-0.1, -0.05) is 55.7 Å². The van der Waals surface area contributed by atoms with Crippen LogP contribution in [0.3, 0.4) is 0 Å². The molecule has 3 aromatic carbocycles. The third kappa shape index (κ3) is 13.2.